The van der Waals surface area contributed by atoms with Crippen LogP contribution in [0.2, 0.25) is 0 Å². The molecule has 0 bridgehead atoms. The lowest BCUT2D eigenvalue weighted by Crippen LogP contribution is -2.10. The van der Waals surface area contributed by atoms with Crippen molar-refractivity contribution in [2.75, 3.05) is 5.33 Å². The van der Waals surface area contributed by atoms with E-state index in [1.54, 1.807) is 0 Å². The van der Waals surface area contributed by atoms with Crippen LogP contribution in [0.25, 0.3) is 0 Å². The van der Waals surface area contributed by atoms with E-state index in [-0.39, 0.29) is 0 Å². The fourth-order valence-electron chi connectivity index (χ4n) is 2.73. The van der Waals surface area contributed by atoms with E-state index < -0.39 is 0 Å². The van der Waals surface area contributed by atoms with E-state index >= 15 is 0 Å². The molecule has 1 aliphatic rings. The van der Waals surface area contributed by atoms with Crippen molar-refractivity contribution in [2.45, 2.75) is 28.9 Å². The van der Waals surface area contributed by atoms with Crippen LogP contribution in [-0.4, -0.2) is 10.6 Å². The van der Waals surface area contributed by atoms with Crippen LogP contribution in [0, 0.1) is 0 Å². The third kappa shape index (κ3) is 3.32. The average molecular weight is 412 g/mol. The second-order valence-corrected chi connectivity index (χ2v) is 8.10. The number of halogens is 2. The highest BCUT2D eigenvalue weighted by Crippen LogP contribution is 2.41. The van der Waals surface area contributed by atoms with Crippen molar-refractivity contribution in [2.24, 2.45) is 0 Å². The molecule has 0 spiro atoms. The first-order valence-corrected chi connectivity index (χ1v) is 9.61. The second-order valence-electron chi connectivity index (χ2n) is 5.19. The fourth-order valence-corrected chi connectivity index (χ4v) is 5.04. The summed E-state index contributed by atoms with van der Waals surface area (Å²) in [6.45, 7) is 0. The summed E-state index contributed by atoms with van der Waals surface area (Å²) in [5.41, 5.74) is 2.95. The molecule has 20 heavy (non-hydrogen) atoms. The standard InChI is InChI=1S/C17H16Br2S/c18-11-14(12-5-7-15(19)8-6-12)10-16-9-13-3-1-2-4-17(13)20-16/h1-8,14,16H,9-11H2. The van der Waals surface area contributed by atoms with Gasteiger partial charge in [-0.2, -0.15) is 0 Å². The molecule has 0 amide bonds. The van der Waals surface area contributed by atoms with E-state index in [0.29, 0.717) is 11.2 Å². The molecule has 1 aliphatic heterocycles. The van der Waals surface area contributed by atoms with Crippen molar-refractivity contribution in [3.63, 3.8) is 0 Å². The van der Waals surface area contributed by atoms with Gasteiger partial charge in [0.05, 0.1) is 0 Å². The van der Waals surface area contributed by atoms with Crippen molar-refractivity contribution in [3.05, 3.63) is 64.1 Å². The van der Waals surface area contributed by atoms with Gasteiger partial charge in [0, 0.05) is 19.9 Å². The third-order valence-electron chi connectivity index (χ3n) is 3.79. The van der Waals surface area contributed by atoms with Crippen LogP contribution in [0.5, 0.6) is 0 Å². The van der Waals surface area contributed by atoms with E-state index in [2.05, 4.69) is 80.4 Å². The van der Waals surface area contributed by atoms with Gasteiger partial charge in [0.1, 0.15) is 0 Å². The van der Waals surface area contributed by atoms with Gasteiger partial charge in [0.25, 0.3) is 0 Å². The largest absolute Gasteiger partial charge is 0.122 e. The minimum atomic E-state index is 0.593. The predicted octanol–water partition coefficient (Wildman–Crippen LogP) is 6.03. The van der Waals surface area contributed by atoms with Gasteiger partial charge in [-0.1, -0.05) is 62.2 Å². The van der Waals surface area contributed by atoms with Gasteiger partial charge in [-0.05, 0) is 48.1 Å². The van der Waals surface area contributed by atoms with E-state index in [1.165, 1.54) is 28.9 Å². The first-order chi connectivity index (χ1) is 9.76. The van der Waals surface area contributed by atoms with Crippen molar-refractivity contribution < 1.29 is 0 Å². The molecule has 0 radical (unpaired) electrons. The highest BCUT2D eigenvalue weighted by atomic mass is 79.9. The second kappa shape index (κ2) is 6.67. The molecule has 0 fully saturated rings. The first kappa shape index (κ1) is 14.7. The summed E-state index contributed by atoms with van der Waals surface area (Å²) < 4.78 is 1.15. The number of alkyl halides is 1. The Bertz CT molecular complexity index is 555. The molecular formula is C17H16Br2S. The van der Waals surface area contributed by atoms with E-state index in [4.69, 9.17) is 0 Å². The molecule has 2 unspecified atom stereocenters. The van der Waals surface area contributed by atoms with Gasteiger partial charge < -0.3 is 0 Å². The molecule has 0 saturated carbocycles. The molecule has 0 aliphatic carbocycles. The minimum absolute atomic E-state index is 0.593. The summed E-state index contributed by atoms with van der Waals surface area (Å²) >= 11 is 9.25. The molecule has 1 heterocycles. The van der Waals surface area contributed by atoms with Crippen LogP contribution in [0.15, 0.2) is 57.9 Å². The van der Waals surface area contributed by atoms with E-state index in [0.717, 1.165) is 9.80 Å². The lowest BCUT2D eigenvalue weighted by Gasteiger charge is -2.18. The van der Waals surface area contributed by atoms with Gasteiger partial charge in [-0.3, -0.25) is 0 Å². The van der Waals surface area contributed by atoms with Gasteiger partial charge in [0.15, 0.2) is 0 Å². The van der Waals surface area contributed by atoms with Gasteiger partial charge in [0.2, 0.25) is 0 Å². The summed E-state index contributed by atoms with van der Waals surface area (Å²) in [6.07, 6.45) is 2.44. The molecule has 2 aromatic rings. The highest BCUT2D eigenvalue weighted by Gasteiger charge is 2.25. The fraction of sp³-hybridized carbons (Fsp3) is 0.294. The zero-order chi connectivity index (χ0) is 13.9. The van der Waals surface area contributed by atoms with Crippen LogP contribution in [0.3, 0.4) is 0 Å². The Morgan fingerprint density at radius 1 is 1.10 bits per heavy atom. The number of rotatable bonds is 4. The molecule has 3 rings (SSSR count). The summed E-state index contributed by atoms with van der Waals surface area (Å²) in [5, 5.41) is 1.74. The topological polar surface area (TPSA) is 0 Å². The summed E-state index contributed by atoms with van der Waals surface area (Å²) in [5.74, 6) is 0.593. The molecule has 2 atom stereocenters. The van der Waals surface area contributed by atoms with Crippen LogP contribution in [0.4, 0.5) is 0 Å². The average Bonchev–Trinajstić information content (AvgIpc) is 2.88. The van der Waals surface area contributed by atoms with Crippen molar-refractivity contribution in [3.8, 4) is 0 Å². The van der Waals surface area contributed by atoms with Crippen molar-refractivity contribution in [1.82, 2.24) is 0 Å². The SMILES string of the molecule is BrCC(CC1Cc2ccccc2S1)c1ccc(Br)cc1. The number of hydrogen-bond donors (Lipinski definition) is 0. The van der Waals surface area contributed by atoms with Crippen molar-refractivity contribution >= 4 is 43.6 Å². The van der Waals surface area contributed by atoms with Gasteiger partial charge in [-0.15, -0.1) is 11.8 Å². The number of benzene rings is 2. The van der Waals surface area contributed by atoms with Gasteiger partial charge >= 0.3 is 0 Å². The Balaban J connectivity index is 1.69. The molecule has 2 aromatic carbocycles. The van der Waals surface area contributed by atoms with E-state index in [1.807, 2.05) is 11.8 Å². The lowest BCUT2D eigenvalue weighted by molar-refractivity contribution is 0.663. The number of hydrogen-bond acceptors (Lipinski definition) is 1. The summed E-state index contributed by atoms with van der Waals surface area (Å²) in [4.78, 5) is 1.47. The zero-order valence-corrected chi connectivity index (χ0v) is 15.0. The lowest BCUT2D eigenvalue weighted by atomic mass is 9.94. The molecule has 0 nitrogen and oxygen atoms in total. The van der Waals surface area contributed by atoms with Crippen LogP contribution in [-0.2, 0) is 6.42 Å². The molecule has 0 saturated heterocycles. The number of thioether (sulfide) groups is 1. The van der Waals surface area contributed by atoms with Crippen LogP contribution >= 0.6 is 43.6 Å². The van der Waals surface area contributed by atoms with Crippen molar-refractivity contribution in [1.29, 1.82) is 0 Å². The molecular weight excluding hydrogens is 396 g/mol. The van der Waals surface area contributed by atoms with E-state index in [9.17, 15) is 0 Å². The molecule has 104 valence electrons. The Labute approximate surface area is 141 Å². The maximum absolute atomic E-state index is 3.69. The van der Waals surface area contributed by atoms with Crippen LogP contribution < -0.4 is 0 Å². The summed E-state index contributed by atoms with van der Waals surface area (Å²) in [7, 11) is 0. The Morgan fingerprint density at radius 2 is 1.85 bits per heavy atom. The first-order valence-electron chi connectivity index (χ1n) is 6.82. The molecule has 0 aromatic heterocycles. The predicted molar refractivity (Wildman–Crippen MR) is 95.1 cm³/mol. The summed E-state index contributed by atoms with van der Waals surface area (Å²) in [6, 6.07) is 17.6. The quantitative estimate of drug-likeness (QED) is 0.553. The normalized spacial score (nSPS) is 18.8. The Kier molecular flexibility index (Phi) is 4.90. The molecule has 0 N–H and O–H groups in total. The Hall–Kier alpha value is -0.250. The maximum atomic E-state index is 3.69. The minimum Gasteiger partial charge on any atom is -0.122 e. The smallest absolute Gasteiger partial charge is 0.0175 e. The zero-order valence-electron chi connectivity index (χ0n) is 11.1. The van der Waals surface area contributed by atoms with Crippen LogP contribution in [0.1, 0.15) is 23.5 Å². The number of fused-ring (bicyclic) bond motifs is 1. The monoisotopic (exact) mass is 410 g/mol. The third-order valence-corrected chi connectivity index (χ3v) is 6.44. The van der Waals surface area contributed by atoms with Gasteiger partial charge in [-0.25, -0.2) is 0 Å². The Morgan fingerprint density at radius 3 is 2.55 bits per heavy atom. The molecule has 3 heteroatoms. The maximum Gasteiger partial charge on any atom is 0.0175 e. The highest BCUT2D eigenvalue weighted by molar-refractivity contribution is 9.10.